The van der Waals surface area contributed by atoms with Crippen molar-refractivity contribution in [3.05, 3.63) is 72.2 Å². The zero-order valence-electron chi connectivity index (χ0n) is 15.6. The van der Waals surface area contributed by atoms with Crippen LogP contribution in [0.4, 0.5) is 13.2 Å². The van der Waals surface area contributed by atoms with Gasteiger partial charge in [0.05, 0.1) is 30.4 Å². The van der Waals surface area contributed by atoms with Gasteiger partial charge in [-0.3, -0.25) is 0 Å². The normalized spacial score (nSPS) is 11.6. The molecule has 2 heterocycles. The highest BCUT2D eigenvalue weighted by atomic mass is 19.4. The van der Waals surface area contributed by atoms with Crippen LogP contribution >= 0.6 is 0 Å². The molecule has 0 spiro atoms. The molecule has 0 aliphatic rings. The predicted molar refractivity (Wildman–Crippen MR) is 100 cm³/mol. The summed E-state index contributed by atoms with van der Waals surface area (Å²) < 4.78 is 47.2. The van der Waals surface area contributed by atoms with E-state index < -0.39 is 11.9 Å². The smallest absolute Gasteiger partial charge is 0.433 e. The van der Waals surface area contributed by atoms with Crippen LogP contribution in [0.25, 0.3) is 22.6 Å². The van der Waals surface area contributed by atoms with Gasteiger partial charge in [-0.2, -0.15) is 18.3 Å². The molecule has 2 aromatic carbocycles. The lowest BCUT2D eigenvalue weighted by Crippen LogP contribution is -2.13. The highest BCUT2D eigenvalue weighted by molar-refractivity contribution is 5.59. The Morgan fingerprint density at radius 2 is 1.59 bits per heavy atom. The Labute approximate surface area is 164 Å². The van der Waals surface area contributed by atoms with Gasteiger partial charge in [0, 0.05) is 5.56 Å². The molecule has 148 valence electrons. The lowest BCUT2D eigenvalue weighted by atomic mass is 10.1. The van der Waals surface area contributed by atoms with E-state index in [1.54, 1.807) is 42.3 Å². The number of aryl methyl sites for hydroxylation is 1. The van der Waals surface area contributed by atoms with Crippen molar-refractivity contribution in [1.82, 2.24) is 24.8 Å². The van der Waals surface area contributed by atoms with Crippen LogP contribution in [0.3, 0.4) is 0 Å². The standard InChI is InChI=1S/C20H16F3N5O/c1-13-11-19(20(21,22)23)28(25-13)16-7-5-15(6-8-16)27-12-18(24-26-27)14-3-9-17(29-2)10-4-14/h3-12H,1-2H3. The lowest BCUT2D eigenvalue weighted by Gasteiger charge is -2.10. The monoisotopic (exact) mass is 399 g/mol. The van der Waals surface area contributed by atoms with Gasteiger partial charge in [0.25, 0.3) is 0 Å². The molecule has 29 heavy (non-hydrogen) atoms. The number of alkyl halides is 3. The molecule has 0 fully saturated rings. The average molecular weight is 399 g/mol. The molecule has 0 amide bonds. The Bertz CT molecular complexity index is 1130. The minimum Gasteiger partial charge on any atom is -0.497 e. The van der Waals surface area contributed by atoms with Crippen molar-refractivity contribution in [2.45, 2.75) is 13.1 Å². The van der Waals surface area contributed by atoms with Gasteiger partial charge in [0.2, 0.25) is 0 Å². The van der Waals surface area contributed by atoms with Gasteiger partial charge in [-0.05, 0) is 61.5 Å². The molecule has 2 aromatic heterocycles. The SMILES string of the molecule is COc1ccc(-c2cn(-c3ccc(-n4nc(C)cc4C(F)(F)F)cc3)nn2)cc1. The fourth-order valence-corrected chi connectivity index (χ4v) is 2.93. The first-order chi connectivity index (χ1) is 13.8. The summed E-state index contributed by atoms with van der Waals surface area (Å²) in [5.41, 5.74) is 1.99. The topological polar surface area (TPSA) is 57.8 Å². The first-order valence-electron chi connectivity index (χ1n) is 8.66. The van der Waals surface area contributed by atoms with Crippen LogP contribution in [-0.2, 0) is 6.18 Å². The van der Waals surface area contributed by atoms with Crippen molar-refractivity contribution in [2.75, 3.05) is 7.11 Å². The second-order valence-corrected chi connectivity index (χ2v) is 6.37. The van der Waals surface area contributed by atoms with E-state index in [1.807, 2.05) is 24.3 Å². The second kappa shape index (κ2) is 7.08. The van der Waals surface area contributed by atoms with Crippen molar-refractivity contribution >= 4 is 0 Å². The Balaban J connectivity index is 1.62. The van der Waals surface area contributed by atoms with Crippen LogP contribution in [-0.4, -0.2) is 31.9 Å². The molecule has 0 bridgehead atoms. The molecule has 0 aliphatic heterocycles. The maximum Gasteiger partial charge on any atom is 0.433 e. The molecule has 4 aromatic rings. The minimum atomic E-state index is -4.49. The van der Waals surface area contributed by atoms with Gasteiger partial charge in [-0.15, -0.1) is 5.10 Å². The van der Waals surface area contributed by atoms with E-state index in [9.17, 15) is 13.2 Å². The van der Waals surface area contributed by atoms with Crippen molar-refractivity contribution in [2.24, 2.45) is 0 Å². The summed E-state index contributed by atoms with van der Waals surface area (Å²) in [5.74, 6) is 0.740. The molecule has 0 atom stereocenters. The van der Waals surface area contributed by atoms with E-state index in [0.717, 1.165) is 22.1 Å². The number of aromatic nitrogens is 5. The maximum atomic E-state index is 13.2. The summed E-state index contributed by atoms with van der Waals surface area (Å²) in [4.78, 5) is 0. The van der Waals surface area contributed by atoms with Gasteiger partial charge in [-0.1, -0.05) is 5.21 Å². The lowest BCUT2D eigenvalue weighted by molar-refractivity contribution is -0.142. The molecule has 0 saturated carbocycles. The van der Waals surface area contributed by atoms with Gasteiger partial charge in [0.15, 0.2) is 0 Å². The third-order valence-corrected chi connectivity index (χ3v) is 4.36. The Kier molecular flexibility index (Phi) is 4.57. The van der Waals surface area contributed by atoms with E-state index >= 15 is 0 Å². The van der Waals surface area contributed by atoms with E-state index in [0.29, 0.717) is 22.8 Å². The van der Waals surface area contributed by atoms with E-state index in [4.69, 9.17) is 4.74 Å². The molecule has 0 N–H and O–H groups in total. The summed E-state index contributed by atoms with van der Waals surface area (Å²) in [7, 11) is 1.59. The predicted octanol–water partition coefficient (Wildman–Crippen LogP) is 4.46. The van der Waals surface area contributed by atoms with Crippen LogP contribution in [0.1, 0.15) is 11.4 Å². The zero-order chi connectivity index (χ0) is 20.6. The van der Waals surface area contributed by atoms with Crippen LogP contribution in [0.5, 0.6) is 5.75 Å². The third kappa shape index (κ3) is 3.71. The molecule has 0 unspecified atom stereocenters. The van der Waals surface area contributed by atoms with Crippen molar-refractivity contribution in [1.29, 1.82) is 0 Å². The number of methoxy groups -OCH3 is 1. The molecule has 4 rings (SSSR count). The van der Waals surface area contributed by atoms with Crippen molar-refractivity contribution in [3.63, 3.8) is 0 Å². The molecular weight excluding hydrogens is 383 g/mol. The minimum absolute atomic E-state index is 0.293. The van der Waals surface area contributed by atoms with Gasteiger partial charge in [-0.25, -0.2) is 9.36 Å². The molecule has 9 heteroatoms. The zero-order valence-corrected chi connectivity index (χ0v) is 15.6. The van der Waals surface area contributed by atoms with Crippen LogP contribution in [0, 0.1) is 6.92 Å². The first-order valence-corrected chi connectivity index (χ1v) is 8.66. The number of hydrogen-bond acceptors (Lipinski definition) is 4. The van der Waals surface area contributed by atoms with Crippen LogP contribution < -0.4 is 4.74 Å². The van der Waals surface area contributed by atoms with Gasteiger partial charge >= 0.3 is 6.18 Å². The molecule has 0 saturated heterocycles. The summed E-state index contributed by atoms with van der Waals surface area (Å²) in [6.45, 7) is 1.52. The fourth-order valence-electron chi connectivity index (χ4n) is 2.93. The highest BCUT2D eigenvalue weighted by Crippen LogP contribution is 2.31. The summed E-state index contributed by atoms with van der Waals surface area (Å²) in [6, 6.07) is 14.9. The molecular formula is C20H16F3N5O. The maximum absolute atomic E-state index is 13.2. The van der Waals surface area contributed by atoms with Gasteiger partial charge in [0.1, 0.15) is 17.1 Å². The Morgan fingerprint density at radius 3 is 2.21 bits per heavy atom. The van der Waals surface area contributed by atoms with E-state index in [-0.39, 0.29) is 0 Å². The first kappa shape index (κ1) is 18.7. The number of ether oxygens (including phenoxy) is 1. The quantitative estimate of drug-likeness (QED) is 0.509. The highest BCUT2D eigenvalue weighted by Gasteiger charge is 2.35. The summed E-state index contributed by atoms with van der Waals surface area (Å²) >= 11 is 0. The van der Waals surface area contributed by atoms with Gasteiger partial charge < -0.3 is 4.74 Å². The summed E-state index contributed by atoms with van der Waals surface area (Å²) in [6.07, 6.45) is -2.74. The molecule has 0 radical (unpaired) electrons. The molecule has 0 aliphatic carbocycles. The Morgan fingerprint density at radius 1 is 0.931 bits per heavy atom. The number of hydrogen-bond donors (Lipinski definition) is 0. The third-order valence-electron chi connectivity index (χ3n) is 4.36. The second-order valence-electron chi connectivity index (χ2n) is 6.37. The number of halogens is 3. The Hall–Kier alpha value is -3.62. The van der Waals surface area contributed by atoms with Crippen molar-refractivity contribution in [3.8, 4) is 28.4 Å². The molecule has 6 nitrogen and oxygen atoms in total. The fraction of sp³-hybridized carbons (Fsp3) is 0.150. The van der Waals surface area contributed by atoms with E-state index in [2.05, 4.69) is 15.4 Å². The van der Waals surface area contributed by atoms with E-state index in [1.165, 1.54) is 6.92 Å². The number of nitrogens with zero attached hydrogens (tertiary/aromatic N) is 5. The van der Waals surface area contributed by atoms with Crippen LogP contribution in [0.15, 0.2) is 60.8 Å². The number of rotatable bonds is 4. The van der Waals surface area contributed by atoms with Crippen molar-refractivity contribution < 1.29 is 17.9 Å². The summed E-state index contributed by atoms with van der Waals surface area (Å²) in [5, 5.41) is 12.2. The average Bonchev–Trinajstić information content (AvgIpc) is 3.35. The largest absolute Gasteiger partial charge is 0.497 e. The number of benzene rings is 2. The van der Waals surface area contributed by atoms with Crippen LogP contribution in [0.2, 0.25) is 0 Å².